The van der Waals surface area contributed by atoms with Crippen molar-refractivity contribution in [3.8, 4) is 6.07 Å². The first-order valence-electron chi connectivity index (χ1n) is 1.96. The van der Waals surface area contributed by atoms with Crippen LogP contribution in [0.1, 0.15) is 4.88 Å². The molecule has 2 nitrogen and oxygen atoms in total. The van der Waals surface area contributed by atoms with E-state index < -0.39 is 11.8 Å². The third-order valence-electron chi connectivity index (χ3n) is 0.699. The van der Waals surface area contributed by atoms with E-state index in [-0.39, 0.29) is 4.88 Å². The number of rotatable bonds is 0. The van der Waals surface area contributed by atoms with E-state index in [2.05, 4.69) is 4.37 Å². The molecule has 0 aromatic carbocycles. The molecule has 0 bridgehead atoms. The second-order valence-corrected chi connectivity index (χ2v) is 2.00. The van der Waals surface area contributed by atoms with Crippen LogP contribution in [0, 0.1) is 23.1 Å². The minimum absolute atomic E-state index is 0.312. The van der Waals surface area contributed by atoms with Crippen LogP contribution in [0.4, 0.5) is 8.78 Å². The Bertz CT molecular complexity index is 262. The van der Waals surface area contributed by atoms with E-state index in [1.165, 1.54) is 6.07 Å². The quantitative estimate of drug-likeness (QED) is 0.553. The standard InChI is InChI=1S/C4F2N2S/c5-3-2(1-7)9-8-4(3)6. The zero-order valence-electron chi connectivity index (χ0n) is 4.06. The van der Waals surface area contributed by atoms with Gasteiger partial charge in [0.15, 0.2) is 4.88 Å². The molecular weight excluding hydrogens is 146 g/mol. The third-order valence-corrected chi connectivity index (χ3v) is 1.40. The molecule has 0 radical (unpaired) electrons. The third kappa shape index (κ3) is 0.886. The number of aromatic nitrogens is 1. The molecule has 0 aliphatic heterocycles. The Kier molecular flexibility index (Phi) is 1.40. The SMILES string of the molecule is N#Cc1snc(F)c1F. The maximum atomic E-state index is 12.1. The van der Waals surface area contributed by atoms with E-state index in [0.29, 0.717) is 11.5 Å². The number of nitrogens with zero attached hydrogens (tertiary/aromatic N) is 2. The smallest absolute Gasteiger partial charge is 0.199 e. The highest BCUT2D eigenvalue weighted by atomic mass is 32.1. The fourth-order valence-corrected chi connectivity index (χ4v) is 0.786. The summed E-state index contributed by atoms with van der Waals surface area (Å²) in [4.78, 5) is -0.312. The lowest BCUT2D eigenvalue weighted by Gasteiger charge is -1.73. The highest BCUT2D eigenvalue weighted by Crippen LogP contribution is 2.13. The first-order chi connectivity index (χ1) is 4.25. The Balaban J connectivity index is 3.24. The molecule has 0 aliphatic rings. The van der Waals surface area contributed by atoms with E-state index in [9.17, 15) is 8.78 Å². The summed E-state index contributed by atoms with van der Waals surface area (Å²) in [5.41, 5.74) is 0. The minimum Gasteiger partial charge on any atom is -0.199 e. The Labute approximate surface area is 53.5 Å². The van der Waals surface area contributed by atoms with Gasteiger partial charge < -0.3 is 0 Å². The fraction of sp³-hybridized carbons (Fsp3) is 0. The topological polar surface area (TPSA) is 36.7 Å². The predicted octanol–water partition coefficient (Wildman–Crippen LogP) is 1.29. The van der Waals surface area contributed by atoms with Gasteiger partial charge in [-0.3, -0.25) is 0 Å². The highest BCUT2D eigenvalue weighted by molar-refractivity contribution is 7.06. The van der Waals surface area contributed by atoms with Gasteiger partial charge in [-0.2, -0.15) is 18.4 Å². The van der Waals surface area contributed by atoms with E-state index >= 15 is 0 Å². The van der Waals surface area contributed by atoms with Gasteiger partial charge in [-0.1, -0.05) is 0 Å². The van der Waals surface area contributed by atoms with E-state index in [0.717, 1.165) is 0 Å². The number of hydrogen-bond acceptors (Lipinski definition) is 3. The summed E-state index contributed by atoms with van der Waals surface area (Å²) in [6.45, 7) is 0. The normalized spacial score (nSPS) is 9.00. The molecule has 0 unspecified atom stereocenters. The largest absolute Gasteiger partial charge is 0.261 e. The molecule has 0 aliphatic carbocycles. The van der Waals surface area contributed by atoms with Crippen LogP contribution in [0.25, 0.3) is 0 Å². The van der Waals surface area contributed by atoms with Crippen LogP contribution in [0.15, 0.2) is 0 Å². The first kappa shape index (κ1) is 6.11. The Morgan fingerprint density at radius 1 is 1.56 bits per heavy atom. The van der Waals surface area contributed by atoms with Crippen LogP contribution in [0.3, 0.4) is 0 Å². The molecule has 0 saturated heterocycles. The Hall–Kier alpha value is -1.02. The minimum atomic E-state index is -1.20. The van der Waals surface area contributed by atoms with E-state index in [4.69, 9.17) is 5.26 Å². The number of halogens is 2. The number of nitriles is 1. The van der Waals surface area contributed by atoms with Gasteiger partial charge in [0.2, 0.25) is 5.82 Å². The van der Waals surface area contributed by atoms with Crippen molar-refractivity contribution < 1.29 is 8.78 Å². The lowest BCUT2D eigenvalue weighted by Crippen LogP contribution is -1.77. The van der Waals surface area contributed by atoms with Crippen molar-refractivity contribution >= 4 is 11.5 Å². The first-order valence-corrected chi connectivity index (χ1v) is 2.74. The van der Waals surface area contributed by atoms with Crippen molar-refractivity contribution in [3.05, 3.63) is 16.6 Å². The van der Waals surface area contributed by atoms with Gasteiger partial charge in [0.05, 0.1) is 0 Å². The number of hydrogen-bond donors (Lipinski definition) is 0. The van der Waals surface area contributed by atoms with Gasteiger partial charge in [-0.15, -0.1) is 0 Å². The summed E-state index contributed by atoms with van der Waals surface area (Å²) in [5, 5.41) is 8.05. The summed E-state index contributed by atoms with van der Waals surface area (Å²) in [7, 11) is 0. The average molecular weight is 146 g/mol. The van der Waals surface area contributed by atoms with Crippen LogP contribution in [-0.4, -0.2) is 4.37 Å². The van der Waals surface area contributed by atoms with Gasteiger partial charge in [-0.25, -0.2) is 0 Å². The fourth-order valence-electron chi connectivity index (χ4n) is 0.329. The van der Waals surface area contributed by atoms with Gasteiger partial charge >= 0.3 is 0 Å². The van der Waals surface area contributed by atoms with Gasteiger partial charge in [0, 0.05) is 0 Å². The van der Waals surface area contributed by atoms with E-state index in [1.54, 1.807) is 0 Å². The van der Waals surface area contributed by atoms with Crippen LogP contribution >= 0.6 is 11.5 Å². The maximum Gasteiger partial charge on any atom is 0.261 e. The van der Waals surface area contributed by atoms with Crippen molar-refractivity contribution in [2.45, 2.75) is 0 Å². The zero-order chi connectivity index (χ0) is 6.85. The summed E-state index contributed by atoms with van der Waals surface area (Å²) >= 11 is 0.515. The highest BCUT2D eigenvalue weighted by Gasteiger charge is 2.11. The molecule has 1 aromatic heterocycles. The summed E-state index contributed by atoms with van der Waals surface area (Å²) in [5.74, 6) is -2.35. The molecule has 0 saturated carbocycles. The average Bonchev–Trinajstić information content (AvgIpc) is 2.15. The molecule has 0 amide bonds. The van der Waals surface area contributed by atoms with Crippen molar-refractivity contribution in [1.82, 2.24) is 4.37 Å². The zero-order valence-corrected chi connectivity index (χ0v) is 4.88. The van der Waals surface area contributed by atoms with Crippen LogP contribution in [-0.2, 0) is 0 Å². The van der Waals surface area contributed by atoms with E-state index in [1.807, 2.05) is 0 Å². The Morgan fingerprint density at radius 3 is 2.44 bits per heavy atom. The van der Waals surface area contributed by atoms with Crippen molar-refractivity contribution in [2.24, 2.45) is 0 Å². The molecule has 0 atom stereocenters. The molecule has 5 heteroatoms. The Morgan fingerprint density at radius 2 is 2.22 bits per heavy atom. The molecule has 1 rings (SSSR count). The summed E-state index contributed by atoms with van der Waals surface area (Å²) in [6.07, 6.45) is 0. The second kappa shape index (κ2) is 2.07. The lowest BCUT2D eigenvalue weighted by molar-refractivity contribution is 0.493. The second-order valence-electron chi connectivity index (χ2n) is 1.23. The molecule has 1 heterocycles. The molecule has 0 N–H and O–H groups in total. The predicted molar refractivity (Wildman–Crippen MR) is 26.7 cm³/mol. The molecule has 0 fully saturated rings. The lowest BCUT2D eigenvalue weighted by atomic mass is 10.5. The van der Waals surface area contributed by atoms with Crippen molar-refractivity contribution in [2.75, 3.05) is 0 Å². The maximum absolute atomic E-state index is 12.1. The molecule has 9 heavy (non-hydrogen) atoms. The molecular formula is C4F2N2S. The van der Waals surface area contributed by atoms with Crippen LogP contribution in [0.5, 0.6) is 0 Å². The monoisotopic (exact) mass is 146 g/mol. The van der Waals surface area contributed by atoms with Gasteiger partial charge in [-0.05, 0) is 11.5 Å². The molecule has 1 aromatic rings. The molecule has 0 spiro atoms. The summed E-state index contributed by atoms with van der Waals surface area (Å²) < 4.78 is 27.0. The van der Waals surface area contributed by atoms with Gasteiger partial charge in [0.1, 0.15) is 6.07 Å². The van der Waals surface area contributed by atoms with Crippen molar-refractivity contribution in [3.63, 3.8) is 0 Å². The summed E-state index contributed by atoms with van der Waals surface area (Å²) in [6, 6.07) is 1.46. The van der Waals surface area contributed by atoms with Crippen LogP contribution in [0.2, 0.25) is 0 Å². The van der Waals surface area contributed by atoms with Gasteiger partial charge in [0.25, 0.3) is 5.95 Å². The molecule has 46 valence electrons. The van der Waals surface area contributed by atoms with Crippen LogP contribution < -0.4 is 0 Å². The van der Waals surface area contributed by atoms with Crippen molar-refractivity contribution in [1.29, 1.82) is 5.26 Å².